The monoisotopic (exact) mass is 339 g/mol. The second-order valence-corrected chi connectivity index (χ2v) is 7.14. The summed E-state index contributed by atoms with van der Waals surface area (Å²) < 4.78 is 12.9. The van der Waals surface area contributed by atoms with Crippen molar-refractivity contribution in [2.24, 2.45) is 0 Å². The Morgan fingerprint density at radius 2 is 1.76 bits per heavy atom. The number of anilines is 1. The fourth-order valence-electron chi connectivity index (χ4n) is 2.86. The summed E-state index contributed by atoms with van der Waals surface area (Å²) in [7, 11) is 3.28. The zero-order valence-corrected chi connectivity index (χ0v) is 15.7. The number of nitrogens with zero attached hydrogens (tertiary/aromatic N) is 2. The number of fused-ring (bicyclic) bond motifs is 1. The lowest BCUT2D eigenvalue weighted by Gasteiger charge is -2.22. The minimum absolute atomic E-state index is 0.0922. The largest absolute Gasteiger partial charge is 0.493 e. The summed E-state index contributed by atoms with van der Waals surface area (Å²) in [5.41, 5.74) is 3.85. The van der Waals surface area contributed by atoms with Crippen molar-refractivity contribution in [3.63, 3.8) is 0 Å². The van der Waals surface area contributed by atoms with E-state index in [1.165, 1.54) is 0 Å². The lowest BCUT2D eigenvalue weighted by atomic mass is 10.1. The Bertz CT molecular complexity index is 907. The number of ether oxygens (including phenoxy) is 2. The molecule has 0 amide bonds. The van der Waals surface area contributed by atoms with Gasteiger partial charge in [-0.1, -0.05) is 6.07 Å². The highest BCUT2D eigenvalue weighted by Crippen LogP contribution is 2.36. The van der Waals surface area contributed by atoms with Crippen LogP contribution in [0.4, 0.5) is 5.82 Å². The second-order valence-electron chi connectivity index (χ2n) is 7.14. The van der Waals surface area contributed by atoms with Crippen molar-refractivity contribution < 1.29 is 9.47 Å². The first-order valence-corrected chi connectivity index (χ1v) is 8.32. The summed E-state index contributed by atoms with van der Waals surface area (Å²) in [4.78, 5) is 4.90. The van der Waals surface area contributed by atoms with Crippen molar-refractivity contribution in [2.45, 2.75) is 33.2 Å². The average Bonchev–Trinajstić information content (AvgIpc) is 2.92. The Labute approximate surface area is 148 Å². The van der Waals surface area contributed by atoms with Crippen LogP contribution in [0.25, 0.3) is 16.9 Å². The summed E-state index contributed by atoms with van der Waals surface area (Å²) in [5, 5.41) is 3.59. The molecule has 0 aliphatic heterocycles. The maximum Gasteiger partial charge on any atom is 0.161 e. The Hall–Kier alpha value is -2.69. The average molecular weight is 339 g/mol. The Morgan fingerprint density at radius 1 is 1.04 bits per heavy atom. The van der Waals surface area contributed by atoms with Gasteiger partial charge >= 0.3 is 0 Å². The molecule has 0 spiro atoms. The number of aryl methyl sites for hydroxylation is 1. The van der Waals surface area contributed by atoms with Gasteiger partial charge in [-0.15, -0.1) is 0 Å². The maximum absolute atomic E-state index is 5.46. The first-order valence-electron chi connectivity index (χ1n) is 8.32. The lowest BCUT2D eigenvalue weighted by molar-refractivity contribution is 0.355. The summed E-state index contributed by atoms with van der Waals surface area (Å²) in [5.74, 6) is 2.37. The van der Waals surface area contributed by atoms with Crippen LogP contribution in [0, 0.1) is 6.92 Å². The van der Waals surface area contributed by atoms with Crippen LogP contribution in [0.2, 0.25) is 0 Å². The predicted octanol–water partition coefficient (Wildman–Crippen LogP) is 4.54. The summed E-state index contributed by atoms with van der Waals surface area (Å²) in [6, 6.07) is 9.99. The molecule has 25 heavy (non-hydrogen) atoms. The fraction of sp³-hybridized carbons (Fsp3) is 0.350. The molecule has 0 unspecified atom stereocenters. The number of pyridine rings is 1. The zero-order chi connectivity index (χ0) is 18.2. The van der Waals surface area contributed by atoms with Crippen molar-refractivity contribution in [1.82, 2.24) is 9.38 Å². The van der Waals surface area contributed by atoms with Gasteiger partial charge in [-0.05, 0) is 57.5 Å². The van der Waals surface area contributed by atoms with Gasteiger partial charge in [-0.2, -0.15) is 0 Å². The minimum atomic E-state index is -0.0922. The van der Waals surface area contributed by atoms with E-state index in [0.717, 1.165) is 28.3 Å². The molecular weight excluding hydrogens is 314 g/mol. The van der Waals surface area contributed by atoms with Gasteiger partial charge in [0.2, 0.25) is 0 Å². The highest BCUT2D eigenvalue weighted by molar-refractivity contribution is 5.79. The van der Waals surface area contributed by atoms with Crippen molar-refractivity contribution in [3.05, 3.63) is 42.1 Å². The van der Waals surface area contributed by atoms with E-state index in [1.54, 1.807) is 14.2 Å². The van der Waals surface area contributed by atoms with Crippen LogP contribution >= 0.6 is 0 Å². The summed E-state index contributed by atoms with van der Waals surface area (Å²) >= 11 is 0. The molecule has 0 atom stereocenters. The molecule has 1 aromatic carbocycles. The van der Waals surface area contributed by atoms with Crippen LogP contribution in [0.3, 0.4) is 0 Å². The van der Waals surface area contributed by atoms with Crippen LogP contribution in [0.5, 0.6) is 11.5 Å². The minimum Gasteiger partial charge on any atom is -0.493 e. The molecule has 2 aromatic heterocycles. The number of rotatable bonds is 4. The third kappa shape index (κ3) is 3.27. The number of nitrogens with one attached hydrogen (secondary N) is 1. The summed E-state index contributed by atoms with van der Waals surface area (Å²) in [6.45, 7) is 8.49. The van der Waals surface area contributed by atoms with Gasteiger partial charge in [0.15, 0.2) is 11.5 Å². The molecule has 3 aromatic rings. The molecule has 5 heteroatoms. The zero-order valence-electron chi connectivity index (χ0n) is 15.7. The van der Waals surface area contributed by atoms with Crippen molar-refractivity contribution in [2.75, 3.05) is 19.5 Å². The van der Waals surface area contributed by atoms with E-state index in [1.807, 2.05) is 30.5 Å². The van der Waals surface area contributed by atoms with Gasteiger partial charge in [-0.3, -0.25) is 4.40 Å². The smallest absolute Gasteiger partial charge is 0.161 e. The van der Waals surface area contributed by atoms with Crippen molar-refractivity contribution in [1.29, 1.82) is 0 Å². The number of benzene rings is 1. The molecule has 0 saturated heterocycles. The standard InChI is InChI=1S/C20H25N3O2/c1-13-8-7-11-23-18(13)21-17(19(23)22-20(2,3)4)14-9-10-15(24-5)16(12-14)25-6/h7-12,22H,1-6H3. The Morgan fingerprint density at radius 3 is 2.40 bits per heavy atom. The van der Waals surface area contributed by atoms with Gasteiger partial charge < -0.3 is 14.8 Å². The van der Waals surface area contributed by atoms with Crippen LogP contribution in [-0.2, 0) is 0 Å². The molecule has 2 heterocycles. The van der Waals surface area contributed by atoms with Gasteiger partial charge in [-0.25, -0.2) is 4.98 Å². The summed E-state index contributed by atoms with van der Waals surface area (Å²) in [6.07, 6.45) is 2.04. The number of hydrogen-bond donors (Lipinski definition) is 1. The number of methoxy groups -OCH3 is 2. The van der Waals surface area contributed by atoms with Gasteiger partial charge in [0, 0.05) is 17.3 Å². The van der Waals surface area contributed by atoms with Gasteiger partial charge in [0.05, 0.1) is 14.2 Å². The third-order valence-electron chi connectivity index (χ3n) is 4.00. The molecule has 0 saturated carbocycles. The first kappa shape index (κ1) is 17.1. The van der Waals surface area contributed by atoms with Crippen molar-refractivity contribution in [3.8, 4) is 22.8 Å². The third-order valence-corrected chi connectivity index (χ3v) is 4.00. The highest BCUT2D eigenvalue weighted by atomic mass is 16.5. The van der Waals surface area contributed by atoms with E-state index in [4.69, 9.17) is 14.5 Å². The number of hydrogen-bond acceptors (Lipinski definition) is 4. The SMILES string of the molecule is COc1ccc(-c2nc3c(C)cccn3c2NC(C)(C)C)cc1OC. The van der Waals surface area contributed by atoms with Crippen LogP contribution in [0.1, 0.15) is 26.3 Å². The van der Waals surface area contributed by atoms with E-state index < -0.39 is 0 Å². The second kappa shape index (κ2) is 6.31. The van der Waals surface area contributed by atoms with E-state index in [2.05, 4.69) is 43.5 Å². The lowest BCUT2D eigenvalue weighted by Crippen LogP contribution is -2.27. The maximum atomic E-state index is 5.46. The van der Waals surface area contributed by atoms with Gasteiger partial charge in [0.25, 0.3) is 0 Å². The molecule has 3 rings (SSSR count). The van der Waals surface area contributed by atoms with E-state index in [0.29, 0.717) is 11.5 Å². The Kier molecular flexibility index (Phi) is 4.33. The van der Waals surface area contributed by atoms with E-state index >= 15 is 0 Å². The quantitative estimate of drug-likeness (QED) is 0.758. The highest BCUT2D eigenvalue weighted by Gasteiger charge is 2.20. The van der Waals surface area contributed by atoms with Crippen LogP contribution in [0.15, 0.2) is 36.5 Å². The van der Waals surface area contributed by atoms with Crippen LogP contribution in [-0.4, -0.2) is 29.1 Å². The van der Waals surface area contributed by atoms with E-state index in [9.17, 15) is 0 Å². The number of aromatic nitrogens is 2. The van der Waals surface area contributed by atoms with Crippen LogP contribution < -0.4 is 14.8 Å². The molecule has 0 fully saturated rings. The molecule has 0 radical (unpaired) electrons. The molecule has 0 bridgehead atoms. The normalized spacial score (nSPS) is 11.6. The fourth-order valence-corrected chi connectivity index (χ4v) is 2.86. The van der Waals surface area contributed by atoms with E-state index in [-0.39, 0.29) is 5.54 Å². The molecule has 0 aliphatic carbocycles. The van der Waals surface area contributed by atoms with Crippen molar-refractivity contribution >= 4 is 11.5 Å². The van der Waals surface area contributed by atoms with Gasteiger partial charge in [0.1, 0.15) is 17.2 Å². The molecule has 132 valence electrons. The molecular formula is C20H25N3O2. The topological polar surface area (TPSA) is 47.8 Å². The first-order chi connectivity index (χ1) is 11.8. The molecule has 1 N–H and O–H groups in total. The molecule has 0 aliphatic rings. The number of imidazole rings is 1. The molecule has 5 nitrogen and oxygen atoms in total. The predicted molar refractivity (Wildman–Crippen MR) is 102 cm³/mol. The Balaban J connectivity index is 2.25.